The van der Waals surface area contributed by atoms with E-state index in [0.29, 0.717) is 30.2 Å². The Morgan fingerprint density at radius 2 is 1.87 bits per heavy atom. The molecule has 0 amide bonds. The molecule has 2 heterocycles. The summed E-state index contributed by atoms with van der Waals surface area (Å²) in [6.45, 7) is 4.53. The van der Waals surface area contributed by atoms with Crippen LogP contribution in [0, 0.1) is 12.7 Å². The number of hydrogen-bond acceptors (Lipinski definition) is 6. The van der Waals surface area contributed by atoms with Crippen LogP contribution in [-0.2, 0) is 13.1 Å². The predicted molar refractivity (Wildman–Crippen MR) is 122 cm³/mol. The van der Waals surface area contributed by atoms with Gasteiger partial charge in [-0.1, -0.05) is 36.4 Å². The molecular weight excluding hydrogens is 397 g/mol. The number of aryl methyl sites for hydroxylation is 1. The van der Waals surface area contributed by atoms with Crippen molar-refractivity contribution in [3.8, 4) is 0 Å². The molecular formula is C23H24FN5S. The molecule has 4 aromatic rings. The van der Waals surface area contributed by atoms with Gasteiger partial charge in [0.1, 0.15) is 11.6 Å². The third kappa shape index (κ3) is 4.13. The Balaban J connectivity index is 1.70. The average molecular weight is 422 g/mol. The minimum absolute atomic E-state index is 0.0895. The van der Waals surface area contributed by atoms with Crippen LogP contribution in [0.2, 0.25) is 0 Å². The van der Waals surface area contributed by atoms with Crippen LogP contribution in [0.5, 0.6) is 0 Å². The van der Waals surface area contributed by atoms with Crippen LogP contribution < -0.4 is 16.4 Å². The zero-order valence-electron chi connectivity index (χ0n) is 16.9. The first-order valence-corrected chi connectivity index (χ1v) is 10.7. The number of nitrogens with two attached hydrogens (primary N) is 1. The van der Waals surface area contributed by atoms with Gasteiger partial charge in [-0.15, -0.1) is 11.3 Å². The molecule has 0 bridgehead atoms. The zero-order valence-corrected chi connectivity index (χ0v) is 17.8. The minimum Gasteiger partial charge on any atom is -0.362 e. The molecule has 154 valence electrons. The fraction of sp³-hybridized carbons (Fsp3) is 0.217. The molecule has 0 radical (unpaired) electrons. The first-order chi connectivity index (χ1) is 14.6. The number of benzene rings is 2. The summed E-state index contributed by atoms with van der Waals surface area (Å²) >= 11 is 1.69. The molecule has 0 saturated carbocycles. The average Bonchev–Trinajstić information content (AvgIpc) is 3.29. The highest BCUT2D eigenvalue weighted by molar-refractivity contribution is 7.10. The third-order valence-corrected chi connectivity index (χ3v) is 6.12. The third-order valence-electron chi connectivity index (χ3n) is 5.06. The summed E-state index contributed by atoms with van der Waals surface area (Å²) in [5, 5.41) is 9.65. The topological polar surface area (TPSA) is 75.9 Å². The van der Waals surface area contributed by atoms with E-state index in [1.807, 2.05) is 30.3 Å². The predicted octanol–water partition coefficient (Wildman–Crippen LogP) is 5.38. The Morgan fingerprint density at radius 1 is 1.07 bits per heavy atom. The van der Waals surface area contributed by atoms with Gasteiger partial charge in [0.2, 0.25) is 5.95 Å². The molecule has 1 atom stereocenters. The fourth-order valence-electron chi connectivity index (χ4n) is 3.40. The van der Waals surface area contributed by atoms with Gasteiger partial charge in [-0.25, -0.2) is 9.37 Å². The van der Waals surface area contributed by atoms with E-state index >= 15 is 0 Å². The van der Waals surface area contributed by atoms with E-state index in [2.05, 4.69) is 34.0 Å². The molecule has 5 nitrogen and oxygen atoms in total. The molecule has 0 aliphatic rings. The maximum atomic E-state index is 14.4. The van der Waals surface area contributed by atoms with Gasteiger partial charge < -0.3 is 16.4 Å². The normalized spacial score (nSPS) is 12.1. The number of anilines is 2. The minimum atomic E-state index is -0.210. The smallest absolute Gasteiger partial charge is 0.225 e. The molecule has 0 aliphatic carbocycles. The van der Waals surface area contributed by atoms with Gasteiger partial charge in [0.15, 0.2) is 0 Å². The Hall–Kier alpha value is -3.03. The standard InChI is InChI=1S/C23H24FN5S/c1-14-6-3-8-17(20(14)24)13-26-23-28-21-16(12-25)7-4-9-18(21)22(29-23)27-15(2)19-10-5-11-30-19/h3-11,15H,12-13,25H2,1-2H3,(H2,26,27,28,29)/t15-/m1/s1. The number of nitrogens with zero attached hydrogens (tertiary/aromatic N) is 2. The van der Waals surface area contributed by atoms with Crippen molar-refractivity contribution in [2.75, 3.05) is 10.6 Å². The number of fused-ring (bicyclic) bond motifs is 1. The number of nitrogens with one attached hydrogen (secondary N) is 2. The van der Waals surface area contributed by atoms with Crippen molar-refractivity contribution in [1.29, 1.82) is 0 Å². The lowest BCUT2D eigenvalue weighted by atomic mass is 10.1. The largest absolute Gasteiger partial charge is 0.362 e. The molecule has 2 aromatic carbocycles. The van der Waals surface area contributed by atoms with Crippen molar-refractivity contribution in [3.05, 3.63) is 81.3 Å². The number of hydrogen-bond donors (Lipinski definition) is 3. The lowest BCUT2D eigenvalue weighted by Gasteiger charge is -2.17. The van der Waals surface area contributed by atoms with Crippen LogP contribution in [0.1, 0.15) is 34.5 Å². The van der Waals surface area contributed by atoms with Crippen LogP contribution in [0.25, 0.3) is 10.9 Å². The number of thiophene rings is 1. The molecule has 0 aliphatic heterocycles. The van der Waals surface area contributed by atoms with Crippen molar-refractivity contribution in [1.82, 2.24) is 9.97 Å². The Kier molecular flexibility index (Phi) is 5.92. The summed E-state index contributed by atoms with van der Waals surface area (Å²) in [7, 11) is 0. The van der Waals surface area contributed by atoms with E-state index < -0.39 is 0 Å². The Bertz CT molecular complexity index is 1160. The lowest BCUT2D eigenvalue weighted by molar-refractivity contribution is 0.603. The van der Waals surface area contributed by atoms with Crippen LogP contribution >= 0.6 is 11.3 Å². The molecule has 2 aromatic heterocycles. The van der Waals surface area contributed by atoms with Gasteiger partial charge in [-0.05, 0) is 42.5 Å². The summed E-state index contributed by atoms with van der Waals surface area (Å²) in [4.78, 5) is 10.6. The van der Waals surface area contributed by atoms with Crippen LogP contribution in [0.4, 0.5) is 16.2 Å². The van der Waals surface area contributed by atoms with Crippen molar-refractivity contribution in [2.24, 2.45) is 5.73 Å². The Labute approximate surface area is 179 Å². The van der Waals surface area contributed by atoms with Crippen molar-refractivity contribution >= 4 is 34.0 Å². The van der Waals surface area contributed by atoms with E-state index in [-0.39, 0.29) is 11.9 Å². The quantitative estimate of drug-likeness (QED) is 0.373. The van der Waals surface area contributed by atoms with E-state index in [4.69, 9.17) is 10.7 Å². The first kappa shape index (κ1) is 20.3. The van der Waals surface area contributed by atoms with Crippen LogP contribution in [-0.4, -0.2) is 9.97 Å². The molecule has 0 unspecified atom stereocenters. The fourth-order valence-corrected chi connectivity index (χ4v) is 4.13. The molecule has 7 heteroatoms. The molecule has 4 rings (SSSR count). The van der Waals surface area contributed by atoms with Gasteiger partial charge in [0.25, 0.3) is 0 Å². The second kappa shape index (κ2) is 8.77. The number of rotatable bonds is 7. The van der Waals surface area contributed by atoms with Gasteiger partial charge in [-0.3, -0.25) is 0 Å². The highest BCUT2D eigenvalue weighted by atomic mass is 32.1. The molecule has 30 heavy (non-hydrogen) atoms. The molecule has 0 saturated heterocycles. The summed E-state index contributed by atoms with van der Waals surface area (Å²) in [5.74, 6) is 0.951. The second-order valence-corrected chi connectivity index (χ2v) is 8.18. The highest BCUT2D eigenvalue weighted by Crippen LogP contribution is 2.29. The maximum Gasteiger partial charge on any atom is 0.225 e. The number of para-hydroxylation sites is 1. The monoisotopic (exact) mass is 421 g/mol. The summed E-state index contributed by atoms with van der Waals surface area (Å²) in [6.07, 6.45) is 0. The zero-order chi connectivity index (χ0) is 21.1. The van der Waals surface area contributed by atoms with E-state index in [1.54, 1.807) is 30.4 Å². The van der Waals surface area contributed by atoms with Gasteiger partial charge >= 0.3 is 0 Å². The summed E-state index contributed by atoms with van der Waals surface area (Å²) < 4.78 is 14.4. The van der Waals surface area contributed by atoms with Crippen LogP contribution in [0.15, 0.2) is 53.9 Å². The lowest BCUT2D eigenvalue weighted by Crippen LogP contribution is -2.12. The van der Waals surface area contributed by atoms with Gasteiger partial charge in [0, 0.05) is 28.9 Å². The van der Waals surface area contributed by atoms with Gasteiger partial charge in [-0.2, -0.15) is 4.98 Å². The molecule has 0 fully saturated rings. The second-order valence-electron chi connectivity index (χ2n) is 7.20. The number of halogens is 1. The first-order valence-electron chi connectivity index (χ1n) is 9.84. The van der Waals surface area contributed by atoms with E-state index in [1.165, 1.54) is 4.88 Å². The van der Waals surface area contributed by atoms with Crippen molar-refractivity contribution < 1.29 is 4.39 Å². The Morgan fingerprint density at radius 3 is 2.63 bits per heavy atom. The molecule has 0 spiro atoms. The highest BCUT2D eigenvalue weighted by Gasteiger charge is 2.14. The SMILES string of the molecule is Cc1cccc(CNc2nc(N[C@H](C)c3cccs3)c3cccc(CN)c3n2)c1F. The molecule has 4 N–H and O–H groups in total. The van der Waals surface area contributed by atoms with Gasteiger partial charge in [0.05, 0.1) is 11.6 Å². The van der Waals surface area contributed by atoms with E-state index in [0.717, 1.165) is 22.3 Å². The van der Waals surface area contributed by atoms with Crippen molar-refractivity contribution in [2.45, 2.75) is 33.0 Å². The summed E-state index contributed by atoms with van der Waals surface area (Å²) in [5.41, 5.74) is 8.87. The number of aromatic nitrogens is 2. The van der Waals surface area contributed by atoms with E-state index in [9.17, 15) is 4.39 Å². The maximum absolute atomic E-state index is 14.4. The van der Waals surface area contributed by atoms with Crippen LogP contribution in [0.3, 0.4) is 0 Å². The van der Waals surface area contributed by atoms with Crippen molar-refractivity contribution in [3.63, 3.8) is 0 Å². The summed E-state index contributed by atoms with van der Waals surface area (Å²) in [6, 6.07) is 15.5.